The highest BCUT2D eigenvalue weighted by atomic mass is 32.2. The van der Waals surface area contributed by atoms with E-state index in [1.807, 2.05) is 0 Å². The molecule has 0 bridgehead atoms. The molecule has 0 unspecified atom stereocenters. The van der Waals surface area contributed by atoms with E-state index >= 15 is 0 Å². The largest absolute Gasteiger partial charge is 0.382 e. The summed E-state index contributed by atoms with van der Waals surface area (Å²) in [5.74, 6) is 0. The minimum atomic E-state index is -3.70. The van der Waals surface area contributed by atoms with Crippen molar-refractivity contribution < 1.29 is 36.3 Å². The smallest absolute Gasteiger partial charge is 0.264 e. The Hall–Kier alpha value is -0.290. The van der Waals surface area contributed by atoms with Gasteiger partial charge in [0.25, 0.3) is 10.1 Å². The maximum absolute atomic E-state index is 11.4. The predicted molar refractivity (Wildman–Crippen MR) is 68.9 cm³/mol. The summed E-state index contributed by atoms with van der Waals surface area (Å²) in [5, 5.41) is 0. The van der Waals surface area contributed by atoms with Crippen molar-refractivity contribution in [2.45, 2.75) is 30.7 Å². The second-order valence-corrected chi connectivity index (χ2v) is 6.00. The van der Waals surface area contributed by atoms with Crippen molar-refractivity contribution in [3.8, 4) is 0 Å². The zero-order valence-corrected chi connectivity index (χ0v) is 13.1. The van der Waals surface area contributed by atoms with Crippen LogP contribution in [0.25, 0.3) is 0 Å². The number of rotatable bonds is 7. The van der Waals surface area contributed by atoms with E-state index in [1.54, 1.807) is 0 Å². The number of hydrogen-bond acceptors (Lipinski definition) is 8. The molecule has 0 N–H and O–H groups in total. The van der Waals surface area contributed by atoms with Gasteiger partial charge in [-0.15, -0.1) is 0 Å². The van der Waals surface area contributed by atoms with Crippen molar-refractivity contribution in [3.63, 3.8) is 0 Å². The maximum Gasteiger partial charge on any atom is 0.264 e. The number of ether oxygens (including phenoxy) is 5. The van der Waals surface area contributed by atoms with Crippen molar-refractivity contribution >= 4 is 10.1 Å². The van der Waals surface area contributed by atoms with Crippen LogP contribution in [0.4, 0.5) is 0 Å². The molecule has 0 saturated carbocycles. The van der Waals surface area contributed by atoms with Gasteiger partial charge < -0.3 is 23.7 Å². The second kappa shape index (κ2) is 7.64. The quantitative estimate of drug-likeness (QED) is 0.574. The summed E-state index contributed by atoms with van der Waals surface area (Å²) in [6.07, 6.45) is -2.58. The summed E-state index contributed by atoms with van der Waals surface area (Å²) in [4.78, 5) is 0. The molecule has 9 heteroatoms. The van der Waals surface area contributed by atoms with Crippen LogP contribution in [0, 0.1) is 0 Å². The van der Waals surface area contributed by atoms with E-state index in [0.717, 1.165) is 6.26 Å². The summed E-state index contributed by atoms with van der Waals surface area (Å²) < 4.78 is 54.3. The Morgan fingerprint density at radius 3 is 1.95 bits per heavy atom. The van der Waals surface area contributed by atoms with Gasteiger partial charge in [0.15, 0.2) is 12.4 Å². The first kappa shape index (κ1) is 17.8. The first-order chi connectivity index (χ1) is 9.37. The highest BCUT2D eigenvalue weighted by molar-refractivity contribution is 7.86. The lowest BCUT2D eigenvalue weighted by molar-refractivity contribution is -0.296. The standard InChI is InChI=1S/C11H22O8S/c1-14-6-7-8(15-2)9(16-3)10(11(17-4)18-7)19-20(5,12)13/h7-11H,6H2,1-5H3/t7-,8+,9+,10-,11-/m1/s1. The van der Waals surface area contributed by atoms with Crippen LogP contribution in [0.5, 0.6) is 0 Å². The van der Waals surface area contributed by atoms with Crippen molar-refractivity contribution in [2.24, 2.45) is 0 Å². The van der Waals surface area contributed by atoms with Crippen LogP contribution >= 0.6 is 0 Å². The van der Waals surface area contributed by atoms with Crippen molar-refractivity contribution in [1.82, 2.24) is 0 Å². The number of methoxy groups -OCH3 is 4. The molecule has 5 atom stereocenters. The monoisotopic (exact) mass is 314 g/mol. The van der Waals surface area contributed by atoms with E-state index in [2.05, 4.69) is 0 Å². The molecule has 120 valence electrons. The van der Waals surface area contributed by atoms with Crippen LogP contribution in [-0.2, 0) is 38.0 Å². The Bertz CT molecular complexity index is 384. The van der Waals surface area contributed by atoms with Gasteiger partial charge in [0.1, 0.15) is 18.3 Å². The van der Waals surface area contributed by atoms with Gasteiger partial charge in [0, 0.05) is 28.4 Å². The van der Waals surface area contributed by atoms with Crippen LogP contribution in [0.2, 0.25) is 0 Å². The molecular weight excluding hydrogens is 292 g/mol. The molecular formula is C11H22O8S. The highest BCUT2D eigenvalue weighted by Crippen LogP contribution is 2.28. The zero-order chi connectivity index (χ0) is 15.3. The van der Waals surface area contributed by atoms with Gasteiger partial charge in [-0.05, 0) is 0 Å². The van der Waals surface area contributed by atoms with E-state index in [9.17, 15) is 8.42 Å². The van der Waals surface area contributed by atoms with E-state index < -0.39 is 40.8 Å². The molecule has 1 aliphatic heterocycles. The Balaban J connectivity index is 3.01. The fourth-order valence-corrected chi connectivity index (χ4v) is 2.83. The molecule has 0 aliphatic carbocycles. The van der Waals surface area contributed by atoms with E-state index in [0.29, 0.717) is 0 Å². The van der Waals surface area contributed by atoms with Gasteiger partial charge in [0.05, 0.1) is 12.9 Å². The molecule has 0 radical (unpaired) electrons. The molecule has 8 nitrogen and oxygen atoms in total. The summed E-state index contributed by atoms with van der Waals surface area (Å²) in [5.41, 5.74) is 0. The Morgan fingerprint density at radius 1 is 0.950 bits per heavy atom. The van der Waals surface area contributed by atoms with E-state index in [1.165, 1.54) is 28.4 Å². The fourth-order valence-electron chi connectivity index (χ4n) is 2.22. The second-order valence-electron chi connectivity index (χ2n) is 4.40. The Morgan fingerprint density at radius 2 is 1.55 bits per heavy atom. The SMILES string of the molecule is COC[C@H]1O[C@@H](OC)[C@H](OS(C)(=O)=O)[C@@H](OC)[C@H]1OC. The normalized spacial score (nSPS) is 35.1. The Labute approximate surface area is 119 Å². The molecule has 1 aliphatic rings. The minimum absolute atomic E-state index is 0.254. The van der Waals surface area contributed by atoms with Crippen LogP contribution < -0.4 is 0 Å². The highest BCUT2D eigenvalue weighted by Gasteiger charge is 2.49. The zero-order valence-electron chi connectivity index (χ0n) is 12.3. The van der Waals surface area contributed by atoms with Gasteiger partial charge in [-0.1, -0.05) is 0 Å². The molecule has 0 spiro atoms. The summed E-state index contributed by atoms with van der Waals surface area (Å²) in [7, 11) is 2.15. The molecule has 0 aromatic rings. The molecule has 0 amide bonds. The fraction of sp³-hybridized carbons (Fsp3) is 1.00. The summed E-state index contributed by atoms with van der Waals surface area (Å²) >= 11 is 0. The third kappa shape index (κ3) is 4.35. The molecule has 0 aromatic carbocycles. The van der Waals surface area contributed by atoms with Crippen LogP contribution in [0.1, 0.15) is 0 Å². The summed E-state index contributed by atoms with van der Waals surface area (Å²) in [6.45, 7) is 0.254. The Kier molecular flexibility index (Phi) is 6.79. The molecule has 1 rings (SSSR count). The van der Waals surface area contributed by atoms with Crippen LogP contribution in [0.15, 0.2) is 0 Å². The van der Waals surface area contributed by atoms with E-state index in [-0.39, 0.29) is 6.61 Å². The van der Waals surface area contributed by atoms with Gasteiger partial charge in [-0.2, -0.15) is 8.42 Å². The third-order valence-electron chi connectivity index (χ3n) is 2.98. The van der Waals surface area contributed by atoms with Crippen LogP contribution in [-0.4, -0.2) is 80.4 Å². The summed E-state index contributed by atoms with van der Waals surface area (Å²) in [6, 6.07) is 0. The minimum Gasteiger partial charge on any atom is -0.382 e. The lowest BCUT2D eigenvalue weighted by atomic mass is 9.99. The van der Waals surface area contributed by atoms with E-state index in [4.69, 9.17) is 27.9 Å². The average molecular weight is 314 g/mol. The lowest BCUT2D eigenvalue weighted by Crippen LogP contribution is -2.61. The topological polar surface area (TPSA) is 89.5 Å². The predicted octanol–water partition coefficient (Wildman–Crippen LogP) is -0.621. The molecule has 1 heterocycles. The van der Waals surface area contributed by atoms with Gasteiger partial charge in [-0.3, -0.25) is 4.18 Å². The first-order valence-electron chi connectivity index (χ1n) is 5.99. The third-order valence-corrected chi connectivity index (χ3v) is 3.56. The van der Waals surface area contributed by atoms with Gasteiger partial charge in [-0.25, -0.2) is 0 Å². The van der Waals surface area contributed by atoms with Gasteiger partial charge >= 0.3 is 0 Å². The molecule has 20 heavy (non-hydrogen) atoms. The molecule has 1 saturated heterocycles. The first-order valence-corrected chi connectivity index (χ1v) is 7.80. The molecule has 1 fully saturated rings. The van der Waals surface area contributed by atoms with Gasteiger partial charge in [0.2, 0.25) is 0 Å². The van der Waals surface area contributed by atoms with Crippen molar-refractivity contribution in [1.29, 1.82) is 0 Å². The number of hydrogen-bond donors (Lipinski definition) is 0. The lowest BCUT2D eigenvalue weighted by Gasteiger charge is -2.43. The average Bonchev–Trinajstić information content (AvgIpc) is 2.37. The van der Waals surface area contributed by atoms with Crippen molar-refractivity contribution in [2.75, 3.05) is 41.3 Å². The maximum atomic E-state index is 11.4. The van der Waals surface area contributed by atoms with Crippen molar-refractivity contribution in [3.05, 3.63) is 0 Å². The van der Waals surface area contributed by atoms with Crippen LogP contribution in [0.3, 0.4) is 0 Å². The molecule has 0 aromatic heterocycles.